The topological polar surface area (TPSA) is 76.1 Å². The Morgan fingerprint density at radius 1 is 1.35 bits per heavy atom. The molecule has 3 rings (SSSR count). The Morgan fingerprint density at radius 2 is 2.19 bits per heavy atom. The van der Waals surface area contributed by atoms with Crippen molar-refractivity contribution in [3.63, 3.8) is 0 Å². The van der Waals surface area contributed by atoms with Crippen LogP contribution in [0, 0.1) is 5.82 Å². The first-order chi connectivity index (χ1) is 12.6. The summed E-state index contributed by atoms with van der Waals surface area (Å²) < 4.78 is 18.7. The second-order valence-electron chi connectivity index (χ2n) is 5.04. The predicted octanol–water partition coefficient (Wildman–Crippen LogP) is 3.48. The SMILES string of the molecule is COc1ccc(-c2csc(NC(=S)NC(=O)c3cccnc3)n2)cc1F. The van der Waals surface area contributed by atoms with Crippen LogP contribution >= 0.6 is 23.6 Å². The number of thiazole rings is 1. The molecule has 1 amide bonds. The van der Waals surface area contributed by atoms with Crippen molar-refractivity contribution in [3.8, 4) is 17.0 Å². The zero-order valence-corrected chi connectivity index (χ0v) is 15.2. The molecule has 0 aliphatic rings. The van der Waals surface area contributed by atoms with E-state index in [0.29, 0.717) is 22.0 Å². The van der Waals surface area contributed by atoms with E-state index < -0.39 is 5.82 Å². The van der Waals surface area contributed by atoms with Crippen LogP contribution in [0.4, 0.5) is 9.52 Å². The minimum atomic E-state index is -0.466. The Labute approximate surface area is 158 Å². The van der Waals surface area contributed by atoms with Gasteiger partial charge in [-0.05, 0) is 42.5 Å². The third-order valence-electron chi connectivity index (χ3n) is 3.32. The molecule has 0 aliphatic heterocycles. The van der Waals surface area contributed by atoms with Crippen molar-refractivity contribution >= 4 is 39.7 Å². The average molecular weight is 388 g/mol. The molecule has 0 saturated heterocycles. The van der Waals surface area contributed by atoms with Crippen LogP contribution in [0.2, 0.25) is 0 Å². The fourth-order valence-corrected chi connectivity index (χ4v) is 3.07. The van der Waals surface area contributed by atoms with E-state index in [-0.39, 0.29) is 16.8 Å². The summed E-state index contributed by atoms with van der Waals surface area (Å²) in [7, 11) is 1.41. The molecule has 9 heteroatoms. The number of aromatic nitrogens is 2. The number of benzene rings is 1. The normalized spacial score (nSPS) is 10.2. The molecule has 3 aromatic rings. The number of ether oxygens (including phenoxy) is 1. The molecule has 0 bridgehead atoms. The summed E-state index contributed by atoms with van der Waals surface area (Å²) >= 11 is 6.40. The number of rotatable bonds is 4. The predicted molar refractivity (Wildman–Crippen MR) is 102 cm³/mol. The fraction of sp³-hybridized carbons (Fsp3) is 0.0588. The second-order valence-corrected chi connectivity index (χ2v) is 6.30. The van der Waals surface area contributed by atoms with E-state index in [0.717, 1.165) is 0 Å². The molecule has 0 unspecified atom stereocenters. The number of carbonyl (C=O) groups is 1. The van der Waals surface area contributed by atoms with Crippen LogP contribution in [0.25, 0.3) is 11.3 Å². The molecule has 1 aromatic carbocycles. The van der Waals surface area contributed by atoms with Crippen LogP contribution < -0.4 is 15.4 Å². The summed E-state index contributed by atoms with van der Waals surface area (Å²) in [6.07, 6.45) is 3.02. The number of anilines is 1. The van der Waals surface area contributed by atoms with Gasteiger partial charge in [0, 0.05) is 23.3 Å². The number of thiocarbonyl (C=S) groups is 1. The van der Waals surface area contributed by atoms with Crippen LogP contribution in [-0.4, -0.2) is 28.1 Å². The van der Waals surface area contributed by atoms with E-state index in [4.69, 9.17) is 17.0 Å². The Bertz CT molecular complexity index is 947. The standard InChI is InChI=1S/C17H13FN4O2S2/c1-24-14-5-4-10(7-12(14)18)13-9-26-17(20-13)22-16(25)21-15(23)11-3-2-6-19-8-11/h2-9H,1H3,(H2,20,21,22,23,25). The van der Waals surface area contributed by atoms with Gasteiger partial charge in [-0.15, -0.1) is 11.3 Å². The number of halogens is 1. The third-order valence-corrected chi connectivity index (χ3v) is 4.28. The van der Waals surface area contributed by atoms with Crippen molar-refractivity contribution in [3.05, 3.63) is 59.5 Å². The maximum absolute atomic E-state index is 13.8. The summed E-state index contributed by atoms with van der Waals surface area (Å²) in [5.74, 6) is -0.669. The second kappa shape index (κ2) is 7.98. The lowest BCUT2D eigenvalue weighted by Crippen LogP contribution is -2.34. The first kappa shape index (κ1) is 17.9. The minimum absolute atomic E-state index is 0.112. The van der Waals surface area contributed by atoms with Crippen LogP contribution in [0.3, 0.4) is 0 Å². The van der Waals surface area contributed by atoms with E-state index >= 15 is 0 Å². The van der Waals surface area contributed by atoms with Gasteiger partial charge in [0.15, 0.2) is 21.8 Å². The van der Waals surface area contributed by atoms with Gasteiger partial charge in [-0.3, -0.25) is 15.1 Å². The minimum Gasteiger partial charge on any atom is -0.494 e. The van der Waals surface area contributed by atoms with E-state index in [1.54, 1.807) is 29.8 Å². The fourth-order valence-electron chi connectivity index (χ4n) is 2.09. The number of nitrogens with zero attached hydrogens (tertiary/aromatic N) is 2. The number of nitrogens with one attached hydrogen (secondary N) is 2. The number of methoxy groups -OCH3 is 1. The molecule has 6 nitrogen and oxygen atoms in total. The summed E-state index contributed by atoms with van der Waals surface area (Å²) in [5, 5.41) is 7.74. The Balaban J connectivity index is 1.65. The molecule has 2 heterocycles. The maximum atomic E-state index is 13.8. The van der Waals surface area contributed by atoms with Crippen molar-refractivity contribution in [1.29, 1.82) is 0 Å². The Kier molecular flexibility index (Phi) is 5.49. The number of pyridine rings is 1. The number of hydrogen-bond donors (Lipinski definition) is 2. The zero-order valence-electron chi connectivity index (χ0n) is 13.5. The zero-order chi connectivity index (χ0) is 18.5. The van der Waals surface area contributed by atoms with Gasteiger partial charge in [0.25, 0.3) is 5.91 Å². The molecule has 2 aromatic heterocycles. The summed E-state index contributed by atoms with van der Waals surface area (Å²) in [6.45, 7) is 0. The molecule has 132 valence electrons. The molecule has 26 heavy (non-hydrogen) atoms. The smallest absolute Gasteiger partial charge is 0.258 e. The monoisotopic (exact) mass is 388 g/mol. The average Bonchev–Trinajstić information content (AvgIpc) is 3.10. The lowest BCUT2D eigenvalue weighted by atomic mass is 10.1. The third kappa shape index (κ3) is 4.19. The molecule has 0 fully saturated rings. The first-order valence-electron chi connectivity index (χ1n) is 7.38. The quantitative estimate of drug-likeness (QED) is 0.667. The summed E-state index contributed by atoms with van der Waals surface area (Å²) in [6, 6.07) is 7.89. The number of hydrogen-bond acceptors (Lipinski definition) is 6. The van der Waals surface area contributed by atoms with Gasteiger partial charge >= 0.3 is 0 Å². The van der Waals surface area contributed by atoms with Crippen molar-refractivity contribution in [1.82, 2.24) is 15.3 Å². The Morgan fingerprint density at radius 3 is 2.88 bits per heavy atom. The van der Waals surface area contributed by atoms with E-state index in [2.05, 4.69) is 20.6 Å². The molecule has 0 spiro atoms. The van der Waals surface area contributed by atoms with Crippen molar-refractivity contribution < 1.29 is 13.9 Å². The Hall–Kier alpha value is -2.91. The largest absolute Gasteiger partial charge is 0.494 e. The van der Waals surface area contributed by atoms with Crippen molar-refractivity contribution in [2.75, 3.05) is 12.4 Å². The molecule has 2 N–H and O–H groups in total. The molecule has 0 aliphatic carbocycles. The van der Waals surface area contributed by atoms with Crippen molar-refractivity contribution in [2.45, 2.75) is 0 Å². The molecule has 0 saturated carbocycles. The molecule has 0 radical (unpaired) electrons. The van der Waals surface area contributed by atoms with Gasteiger partial charge in [-0.25, -0.2) is 9.37 Å². The van der Waals surface area contributed by atoms with Gasteiger partial charge in [-0.1, -0.05) is 0 Å². The van der Waals surface area contributed by atoms with Crippen molar-refractivity contribution in [2.24, 2.45) is 0 Å². The van der Waals surface area contributed by atoms with Gasteiger partial charge in [-0.2, -0.15) is 0 Å². The van der Waals surface area contributed by atoms with E-state index in [1.807, 2.05) is 0 Å². The van der Waals surface area contributed by atoms with Crippen LogP contribution in [0.15, 0.2) is 48.1 Å². The molecular weight excluding hydrogens is 375 g/mol. The molecule has 0 atom stereocenters. The van der Waals surface area contributed by atoms with Gasteiger partial charge < -0.3 is 10.1 Å². The summed E-state index contributed by atoms with van der Waals surface area (Å²) in [5.41, 5.74) is 1.59. The summed E-state index contributed by atoms with van der Waals surface area (Å²) in [4.78, 5) is 20.2. The highest BCUT2D eigenvalue weighted by Gasteiger charge is 2.11. The lowest BCUT2D eigenvalue weighted by Gasteiger charge is -2.06. The van der Waals surface area contributed by atoms with Crippen LogP contribution in [0.5, 0.6) is 5.75 Å². The van der Waals surface area contributed by atoms with Gasteiger partial charge in [0.1, 0.15) is 0 Å². The molecular formula is C17H13FN4O2S2. The maximum Gasteiger partial charge on any atom is 0.258 e. The highest BCUT2D eigenvalue weighted by Crippen LogP contribution is 2.28. The lowest BCUT2D eigenvalue weighted by molar-refractivity contribution is 0.0977. The van der Waals surface area contributed by atoms with Gasteiger partial charge in [0.05, 0.1) is 18.4 Å². The number of carbonyl (C=O) groups excluding carboxylic acids is 1. The van der Waals surface area contributed by atoms with Crippen LogP contribution in [-0.2, 0) is 0 Å². The van der Waals surface area contributed by atoms with Gasteiger partial charge in [0.2, 0.25) is 0 Å². The first-order valence-corrected chi connectivity index (χ1v) is 8.67. The van der Waals surface area contributed by atoms with E-state index in [1.165, 1.54) is 36.8 Å². The highest BCUT2D eigenvalue weighted by molar-refractivity contribution is 7.80. The van der Waals surface area contributed by atoms with Crippen LogP contribution in [0.1, 0.15) is 10.4 Å². The highest BCUT2D eigenvalue weighted by atomic mass is 32.1. The van der Waals surface area contributed by atoms with E-state index in [9.17, 15) is 9.18 Å². The number of amides is 1.